The summed E-state index contributed by atoms with van der Waals surface area (Å²) in [7, 11) is 0. The highest BCUT2D eigenvalue weighted by Crippen LogP contribution is 2.28. The van der Waals surface area contributed by atoms with Gasteiger partial charge in [-0.2, -0.15) is 12.6 Å². The van der Waals surface area contributed by atoms with Crippen molar-refractivity contribution in [3.8, 4) is 0 Å². The lowest BCUT2D eigenvalue weighted by Gasteiger charge is -2.34. The van der Waals surface area contributed by atoms with Crippen LogP contribution in [0.1, 0.15) is 48.0 Å². The summed E-state index contributed by atoms with van der Waals surface area (Å²) in [5, 5.41) is 0. The summed E-state index contributed by atoms with van der Waals surface area (Å²) in [5.74, 6) is -0.0796. The zero-order chi connectivity index (χ0) is 13.2. The zero-order valence-corrected chi connectivity index (χ0v) is 12.1. The van der Waals surface area contributed by atoms with Crippen LogP contribution in [0.15, 0.2) is 0 Å². The lowest BCUT2D eigenvalue weighted by Crippen LogP contribution is -2.54. The molecule has 0 bridgehead atoms. The number of rotatable bonds is 3. The summed E-state index contributed by atoms with van der Waals surface area (Å²) in [4.78, 5) is 12.0. The first-order valence-electron chi connectivity index (χ1n) is 5.53. The average molecular weight is 247 g/mol. The minimum Gasteiger partial charge on any atom is -0.459 e. The zero-order valence-electron chi connectivity index (χ0n) is 11.3. The molecule has 2 N–H and O–H groups in total. The van der Waals surface area contributed by atoms with E-state index in [0.717, 1.165) is 0 Å². The number of hydrogen-bond acceptors (Lipinski definition) is 4. The van der Waals surface area contributed by atoms with Crippen LogP contribution in [0, 0.1) is 5.41 Å². The van der Waals surface area contributed by atoms with E-state index in [1.807, 2.05) is 41.5 Å². The number of ether oxygens (including phenoxy) is 1. The number of carbonyl (C=O) groups excluding carboxylic acids is 1. The van der Waals surface area contributed by atoms with Crippen molar-refractivity contribution in [1.29, 1.82) is 0 Å². The Hall–Kier alpha value is -0.220. The van der Waals surface area contributed by atoms with Gasteiger partial charge < -0.3 is 10.5 Å². The first kappa shape index (κ1) is 15.8. The van der Waals surface area contributed by atoms with Crippen LogP contribution in [-0.2, 0) is 9.53 Å². The molecule has 3 nitrogen and oxygen atoms in total. The largest absolute Gasteiger partial charge is 0.459 e. The third-order valence-electron chi connectivity index (χ3n) is 1.93. The van der Waals surface area contributed by atoms with Crippen molar-refractivity contribution in [3.63, 3.8) is 0 Å². The van der Waals surface area contributed by atoms with Gasteiger partial charge in [-0.15, -0.1) is 0 Å². The lowest BCUT2D eigenvalue weighted by atomic mass is 9.81. The molecule has 0 aromatic rings. The van der Waals surface area contributed by atoms with Crippen LogP contribution in [0.5, 0.6) is 0 Å². The Kier molecular flexibility index (Phi) is 4.89. The highest BCUT2D eigenvalue weighted by Gasteiger charge is 2.39. The third-order valence-corrected chi connectivity index (χ3v) is 2.50. The van der Waals surface area contributed by atoms with Gasteiger partial charge >= 0.3 is 5.97 Å². The van der Waals surface area contributed by atoms with Gasteiger partial charge in [-0.25, -0.2) is 0 Å². The molecule has 1 atom stereocenters. The molecule has 0 aliphatic carbocycles. The first-order valence-corrected chi connectivity index (χ1v) is 6.16. The second-order valence-electron chi connectivity index (χ2n) is 6.55. The van der Waals surface area contributed by atoms with Crippen molar-refractivity contribution in [1.82, 2.24) is 0 Å². The number of thiol groups is 1. The van der Waals surface area contributed by atoms with Gasteiger partial charge in [0.05, 0.1) is 0 Å². The van der Waals surface area contributed by atoms with Gasteiger partial charge in [0.15, 0.2) is 0 Å². The van der Waals surface area contributed by atoms with Gasteiger partial charge in [0.1, 0.15) is 11.1 Å². The van der Waals surface area contributed by atoms with E-state index in [0.29, 0.717) is 12.2 Å². The minimum absolute atomic E-state index is 0.0333. The molecule has 0 aliphatic heterocycles. The first-order chi connectivity index (χ1) is 6.90. The standard InChI is InChI=1S/C12H25NO2S/c1-10(2,3)7-12(13,8-16)9(14)15-11(4,5)6/h16H,7-8,13H2,1-6H3/t12-/m1/s1. The van der Waals surface area contributed by atoms with Crippen molar-refractivity contribution in [2.45, 2.75) is 59.1 Å². The second kappa shape index (κ2) is 4.96. The van der Waals surface area contributed by atoms with Gasteiger partial charge in [0, 0.05) is 5.75 Å². The molecule has 0 amide bonds. The Balaban J connectivity index is 4.77. The molecule has 0 spiro atoms. The lowest BCUT2D eigenvalue weighted by molar-refractivity contribution is -0.161. The summed E-state index contributed by atoms with van der Waals surface area (Å²) in [6.45, 7) is 11.6. The van der Waals surface area contributed by atoms with Crippen molar-refractivity contribution in [2.75, 3.05) is 5.75 Å². The van der Waals surface area contributed by atoms with E-state index in [9.17, 15) is 4.79 Å². The maximum absolute atomic E-state index is 12.0. The number of carbonyl (C=O) groups is 1. The molecule has 0 radical (unpaired) electrons. The minimum atomic E-state index is -1.01. The Morgan fingerprint density at radius 2 is 1.62 bits per heavy atom. The highest BCUT2D eigenvalue weighted by molar-refractivity contribution is 7.80. The number of esters is 1. The van der Waals surface area contributed by atoms with Gasteiger partial charge in [0.2, 0.25) is 0 Å². The van der Waals surface area contributed by atoms with Crippen molar-refractivity contribution >= 4 is 18.6 Å². The molecule has 16 heavy (non-hydrogen) atoms. The van der Waals surface area contributed by atoms with Crippen molar-refractivity contribution in [3.05, 3.63) is 0 Å². The Morgan fingerprint density at radius 1 is 1.19 bits per heavy atom. The van der Waals surface area contributed by atoms with E-state index in [4.69, 9.17) is 10.5 Å². The predicted molar refractivity (Wildman–Crippen MR) is 70.7 cm³/mol. The molecule has 0 aliphatic rings. The SMILES string of the molecule is CC(C)(C)C[C@@](N)(CS)C(=O)OC(C)(C)C. The van der Waals surface area contributed by atoms with Crippen LogP contribution < -0.4 is 5.73 Å². The fourth-order valence-corrected chi connectivity index (χ4v) is 1.76. The fourth-order valence-electron chi connectivity index (χ4n) is 1.52. The molecule has 0 rings (SSSR count). The molecule has 0 aromatic heterocycles. The quantitative estimate of drug-likeness (QED) is 0.595. The van der Waals surface area contributed by atoms with Crippen LogP contribution in [0.4, 0.5) is 0 Å². The smallest absolute Gasteiger partial charge is 0.327 e. The molecular formula is C12H25NO2S. The van der Waals surface area contributed by atoms with E-state index in [1.165, 1.54) is 0 Å². The van der Waals surface area contributed by atoms with Crippen LogP contribution in [0.3, 0.4) is 0 Å². The molecule has 4 heteroatoms. The van der Waals surface area contributed by atoms with Crippen LogP contribution in [0.2, 0.25) is 0 Å². The topological polar surface area (TPSA) is 52.3 Å². The van der Waals surface area contributed by atoms with E-state index in [2.05, 4.69) is 12.6 Å². The van der Waals surface area contributed by atoms with Crippen LogP contribution >= 0.6 is 12.6 Å². The van der Waals surface area contributed by atoms with Crippen LogP contribution in [0.25, 0.3) is 0 Å². The Morgan fingerprint density at radius 3 is 1.88 bits per heavy atom. The number of nitrogens with two attached hydrogens (primary N) is 1. The van der Waals surface area contributed by atoms with E-state index < -0.39 is 11.1 Å². The van der Waals surface area contributed by atoms with Gasteiger partial charge in [-0.05, 0) is 32.6 Å². The summed E-state index contributed by atoms with van der Waals surface area (Å²) in [5.41, 5.74) is 4.53. The monoisotopic (exact) mass is 247 g/mol. The van der Waals surface area contributed by atoms with E-state index in [-0.39, 0.29) is 11.4 Å². The average Bonchev–Trinajstić information content (AvgIpc) is 1.97. The summed E-state index contributed by atoms with van der Waals surface area (Å²) in [6.07, 6.45) is 0.554. The summed E-state index contributed by atoms with van der Waals surface area (Å²) in [6, 6.07) is 0. The summed E-state index contributed by atoms with van der Waals surface area (Å²) >= 11 is 4.18. The Labute approximate surface area is 105 Å². The number of hydrogen-bond donors (Lipinski definition) is 2. The third kappa shape index (κ3) is 5.75. The predicted octanol–water partition coefficient (Wildman–Crippen LogP) is 2.39. The summed E-state index contributed by atoms with van der Waals surface area (Å²) < 4.78 is 5.33. The maximum Gasteiger partial charge on any atom is 0.327 e. The van der Waals surface area contributed by atoms with E-state index in [1.54, 1.807) is 0 Å². The molecule has 0 fully saturated rings. The molecule has 0 unspecified atom stereocenters. The Bertz CT molecular complexity index is 253. The molecular weight excluding hydrogens is 222 g/mol. The highest BCUT2D eigenvalue weighted by atomic mass is 32.1. The van der Waals surface area contributed by atoms with Crippen LogP contribution in [-0.4, -0.2) is 22.9 Å². The van der Waals surface area contributed by atoms with E-state index >= 15 is 0 Å². The fraction of sp³-hybridized carbons (Fsp3) is 0.917. The molecule has 0 aromatic carbocycles. The second-order valence-corrected chi connectivity index (χ2v) is 6.87. The van der Waals surface area contributed by atoms with Gasteiger partial charge in [0.25, 0.3) is 0 Å². The maximum atomic E-state index is 12.0. The molecule has 0 saturated heterocycles. The van der Waals surface area contributed by atoms with Crippen molar-refractivity contribution < 1.29 is 9.53 Å². The molecule has 0 saturated carbocycles. The van der Waals surface area contributed by atoms with Gasteiger partial charge in [-0.1, -0.05) is 20.8 Å². The van der Waals surface area contributed by atoms with Crippen molar-refractivity contribution in [2.24, 2.45) is 11.1 Å². The molecule has 96 valence electrons. The normalized spacial score (nSPS) is 16.8. The van der Waals surface area contributed by atoms with Gasteiger partial charge in [-0.3, -0.25) is 4.79 Å². The molecule has 0 heterocycles.